The summed E-state index contributed by atoms with van der Waals surface area (Å²) in [5, 5.41) is 3.24. The van der Waals surface area contributed by atoms with Crippen LogP contribution in [0, 0.1) is 12.8 Å². The Bertz CT molecular complexity index is 72.2. The van der Waals surface area contributed by atoms with Crippen molar-refractivity contribution in [2.45, 2.75) is 18.9 Å². The van der Waals surface area contributed by atoms with Crippen LogP contribution in [-0.2, 0) is 0 Å². The van der Waals surface area contributed by atoms with Gasteiger partial charge in [-0.3, -0.25) is 0 Å². The summed E-state index contributed by atoms with van der Waals surface area (Å²) in [6.45, 7) is 2.22. The standard InChI is InChI=1S/C5H12N2.C2H2/c6-5-1-3-7-4-2-5;1-2/h5,7H,1-4,6H2;1-2H. The van der Waals surface area contributed by atoms with Crippen molar-refractivity contribution in [3.63, 3.8) is 0 Å². The van der Waals surface area contributed by atoms with Gasteiger partial charge in [-0.15, -0.1) is 12.8 Å². The number of nitrogens with two attached hydrogens (primary N) is 1. The molecular weight excluding hydrogens is 112 g/mol. The summed E-state index contributed by atoms with van der Waals surface area (Å²) in [6.07, 6.45) is 10.3. The molecule has 0 spiro atoms. The van der Waals surface area contributed by atoms with E-state index < -0.39 is 0 Å². The van der Waals surface area contributed by atoms with Crippen LogP contribution in [0.5, 0.6) is 0 Å². The molecule has 0 saturated carbocycles. The maximum Gasteiger partial charge on any atom is 0.00629 e. The van der Waals surface area contributed by atoms with E-state index in [0.717, 1.165) is 25.9 Å². The van der Waals surface area contributed by atoms with Gasteiger partial charge in [0.15, 0.2) is 0 Å². The molecule has 0 aromatic heterocycles. The van der Waals surface area contributed by atoms with Gasteiger partial charge in [-0.2, -0.15) is 0 Å². The van der Waals surface area contributed by atoms with Gasteiger partial charge in [0.2, 0.25) is 0 Å². The van der Waals surface area contributed by atoms with Crippen molar-refractivity contribution in [1.29, 1.82) is 0 Å². The lowest BCUT2D eigenvalue weighted by Crippen LogP contribution is -2.35. The van der Waals surface area contributed by atoms with E-state index in [-0.39, 0.29) is 0 Å². The van der Waals surface area contributed by atoms with Crippen LogP contribution in [0.15, 0.2) is 0 Å². The average Bonchev–Trinajstić information content (AvgIpc) is 1.94. The van der Waals surface area contributed by atoms with Crippen LogP contribution in [-0.4, -0.2) is 19.1 Å². The molecule has 0 bridgehead atoms. The Morgan fingerprint density at radius 3 is 1.89 bits per heavy atom. The molecule has 1 fully saturated rings. The molecule has 3 N–H and O–H groups in total. The normalized spacial score (nSPS) is 19.9. The second-order valence-electron chi connectivity index (χ2n) is 2.09. The molecule has 0 aromatic rings. The Hall–Kier alpha value is -0.520. The summed E-state index contributed by atoms with van der Waals surface area (Å²) >= 11 is 0. The minimum atomic E-state index is 0.473. The third-order valence-electron chi connectivity index (χ3n) is 1.38. The molecule has 2 nitrogen and oxygen atoms in total. The Balaban J connectivity index is 0.000000291. The zero-order valence-corrected chi connectivity index (χ0v) is 5.64. The van der Waals surface area contributed by atoms with E-state index >= 15 is 0 Å². The number of rotatable bonds is 0. The summed E-state index contributed by atoms with van der Waals surface area (Å²) in [6, 6.07) is 0.473. The maximum absolute atomic E-state index is 5.59. The fourth-order valence-corrected chi connectivity index (χ4v) is 0.844. The van der Waals surface area contributed by atoms with Crippen molar-refractivity contribution in [3.05, 3.63) is 0 Å². The van der Waals surface area contributed by atoms with E-state index in [1.54, 1.807) is 0 Å². The van der Waals surface area contributed by atoms with Gasteiger partial charge < -0.3 is 11.1 Å². The van der Waals surface area contributed by atoms with Gasteiger partial charge in [-0.05, 0) is 25.9 Å². The highest BCUT2D eigenvalue weighted by Gasteiger charge is 2.05. The zero-order valence-electron chi connectivity index (χ0n) is 5.64. The predicted octanol–water partition coefficient (Wildman–Crippen LogP) is -0.0535. The molecule has 1 aliphatic rings. The molecule has 0 aliphatic carbocycles. The van der Waals surface area contributed by atoms with Crippen molar-refractivity contribution in [1.82, 2.24) is 5.32 Å². The van der Waals surface area contributed by atoms with E-state index in [4.69, 9.17) is 5.73 Å². The summed E-state index contributed by atoms with van der Waals surface area (Å²) in [5.74, 6) is 0. The van der Waals surface area contributed by atoms with E-state index in [0.29, 0.717) is 6.04 Å². The molecule has 1 rings (SSSR count). The minimum Gasteiger partial charge on any atom is -0.328 e. The molecular formula is C7H14N2. The number of nitrogens with one attached hydrogen (secondary N) is 1. The highest BCUT2D eigenvalue weighted by atomic mass is 14.9. The summed E-state index contributed by atoms with van der Waals surface area (Å²) in [5.41, 5.74) is 5.59. The quantitative estimate of drug-likeness (QED) is 0.446. The summed E-state index contributed by atoms with van der Waals surface area (Å²) < 4.78 is 0. The second kappa shape index (κ2) is 5.61. The van der Waals surface area contributed by atoms with Crippen LogP contribution in [0.25, 0.3) is 0 Å². The molecule has 1 aliphatic heterocycles. The highest BCUT2D eigenvalue weighted by molar-refractivity contribution is 4.69. The van der Waals surface area contributed by atoms with Crippen molar-refractivity contribution in [2.24, 2.45) is 5.73 Å². The minimum absolute atomic E-state index is 0.473. The Morgan fingerprint density at radius 2 is 1.67 bits per heavy atom. The number of hydrogen-bond donors (Lipinski definition) is 2. The Kier molecular flexibility index (Phi) is 5.29. The van der Waals surface area contributed by atoms with Crippen molar-refractivity contribution >= 4 is 0 Å². The fraction of sp³-hybridized carbons (Fsp3) is 0.714. The topological polar surface area (TPSA) is 38.0 Å². The first kappa shape index (κ1) is 8.48. The lowest BCUT2D eigenvalue weighted by Gasteiger charge is -2.17. The highest BCUT2D eigenvalue weighted by Crippen LogP contribution is 1.96. The second-order valence-corrected chi connectivity index (χ2v) is 2.09. The van der Waals surface area contributed by atoms with Crippen molar-refractivity contribution in [2.75, 3.05) is 13.1 Å². The van der Waals surface area contributed by atoms with Gasteiger partial charge in [0.25, 0.3) is 0 Å². The van der Waals surface area contributed by atoms with Crippen LogP contribution in [0.1, 0.15) is 12.8 Å². The van der Waals surface area contributed by atoms with E-state index in [9.17, 15) is 0 Å². The molecule has 52 valence electrons. The van der Waals surface area contributed by atoms with Gasteiger partial charge >= 0.3 is 0 Å². The summed E-state index contributed by atoms with van der Waals surface area (Å²) in [7, 11) is 0. The number of piperidine rings is 1. The number of hydrogen-bond acceptors (Lipinski definition) is 2. The third-order valence-corrected chi connectivity index (χ3v) is 1.38. The maximum atomic E-state index is 5.59. The van der Waals surface area contributed by atoms with Crippen LogP contribution < -0.4 is 11.1 Å². The van der Waals surface area contributed by atoms with Gasteiger partial charge in [-0.25, -0.2) is 0 Å². The molecule has 0 atom stereocenters. The van der Waals surface area contributed by atoms with Crippen molar-refractivity contribution < 1.29 is 0 Å². The predicted molar refractivity (Wildman–Crippen MR) is 40.0 cm³/mol. The van der Waals surface area contributed by atoms with E-state index in [1.807, 2.05) is 0 Å². The van der Waals surface area contributed by atoms with Gasteiger partial charge in [-0.1, -0.05) is 0 Å². The number of terminal acetylenes is 1. The lowest BCUT2D eigenvalue weighted by atomic mass is 10.1. The van der Waals surface area contributed by atoms with E-state index in [2.05, 4.69) is 18.2 Å². The molecule has 2 heteroatoms. The average molecular weight is 126 g/mol. The van der Waals surface area contributed by atoms with Crippen LogP contribution in [0.3, 0.4) is 0 Å². The fourth-order valence-electron chi connectivity index (χ4n) is 0.844. The molecule has 0 aromatic carbocycles. The monoisotopic (exact) mass is 126 g/mol. The molecule has 9 heavy (non-hydrogen) atoms. The van der Waals surface area contributed by atoms with Crippen molar-refractivity contribution in [3.8, 4) is 12.8 Å². The molecule has 0 amide bonds. The Morgan fingerprint density at radius 1 is 1.22 bits per heavy atom. The molecule has 1 saturated heterocycles. The molecule has 0 radical (unpaired) electrons. The molecule has 1 heterocycles. The SMILES string of the molecule is C#C.NC1CCNCC1. The smallest absolute Gasteiger partial charge is 0.00629 e. The van der Waals surface area contributed by atoms with Gasteiger partial charge in [0.1, 0.15) is 0 Å². The van der Waals surface area contributed by atoms with Gasteiger partial charge in [0.05, 0.1) is 0 Å². The third kappa shape index (κ3) is 4.01. The van der Waals surface area contributed by atoms with Crippen LogP contribution >= 0.6 is 0 Å². The first-order valence-electron chi connectivity index (χ1n) is 3.19. The first-order chi connectivity index (χ1) is 4.39. The first-order valence-corrected chi connectivity index (χ1v) is 3.19. The van der Waals surface area contributed by atoms with Gasteiger partial charge in [0, 0.05) is 6.04 Å². The van der Waals surface area contributed by atoms with E-state index in [1.165, 1.54) is 0 Å². The lowest BCUT2D eigenvalue weighted by molar-refractivity contribution is 0.458. The largest absolute Gasteiger partial charge is 0.328 e. The van der Waals surface area contributed by atoms with Crippen LogP contribution in [0.4, 0.5) is 0 Å². The summed E-state index contributed by atoms with van der Waals surface area (Å²) in [4.78, 5) is 0. The Labute approximate surface area is 56.8 Å². The molecule has 0 unspecified atom stereocenters. The zero-order chi connectivity index (χ0) is 7.11. The van der Waals surface area contributed by atoms with Crippen LogP contribution in [0.2, 0.25) is 0 Å².